The third-order valence-corrected chi connectivity index (χ3v) is 8.47. The van der Waals surface area contributed by atoms with Crippen LogP contribution >= 0.6 is 24.0 Å². The highest BCUT2D eigenvalue weighted by molar-refractivity contribution is 8.23. The number of carbonyl (C=O) groups is 1. The van der Waals surface area contributed by atoms with Gasteiger partial charge in [-0.05, 0) is 43.0 Å². The second-order valence-electron chi connectivity index (χ2n) is 9.20. The molecule has 36 heavy (non-hydrogen) atoms. The molecule has 0 radical (unpaired) electrons. The van der Waals surface area contributed by atoms with Crippen LogP contribution < -0.4 is 15.6 Å². The molecule has 0 aliphatic carbocycles. The summed E-state index contributed by atoms with van der Waals surface area (Å²) in [5.74, 6) is 1.12. The maximum atomic E-state index is 13.6. The van der Waals surface area contributed by atoms with Gasteiger partial charge in [0.2, 0.25) is 5.91 Å². The summed E-state index contributed by atoms with van der Waals surface area (Å²) in [6.45, 7) is 4.69. The molecule has 2 bridgehead atoms. The first-order valence-corrected chi connectivity index (χ1v) is 13.5. The topological polar surface area (TPSA) is 63.6 Å². The first kappa shape index (κ1) is 24.6. The van der Waals surface area contributed by atoms with Gasteiger partial charge in [-0.3, -0.25) is 9.59 Å². The number of hydrogen-bond acceptors (Lipinski definition) is 5. The number of para-hydroxylation sites is 2. The first-order valence-electron chi connectivity index (χ1n) is 12.3. The number of benzene rings is 2. The summed E-state index contributed by atoms with van der Waals surface area (Å²) in [6.07, 6.45) is 1.06. The maximum absolute atomic E-state index is 13.6. The van der Waals surface area contributed by atoms with Crippen molar-refractivity contribution in [2.75, 3.05) is 25.0 Å². The molecule has 0 saturated carbocycles. The van der Waals surface area contributed by atoms with E-state index in [0.29, 0.717) is 34.8 Å². The lowest BCUT2D eigenvalue weighted by atomic mass is 9.83. The molecule has 3 atom stereocenters. The van der Waals surface area contributed by atoms with E-state index >= 15 is 0 Å². The molecule has 1 aromatic heterocycles. The van der Waals surface area contributed by atoms with Crippen molar-refractivity contribution in [3.63, 3.8) is 0 Å². The Balaban J connectivity index is 1.35. The first-order chi connectivity index (χ1) is 17.5. The standard InChI is InChI=1S/C28H29N3O3S2/c1-2-34-24-13-7-6-11-22(24)29-27(33)26(20-9-4-3-5-10-20)36-28(35)30-16-19-15-21(18-30)23-12-8-14-25(32)31(23)17-19/h3-14,19,21,26H,2,15-18H2,1H3,(H,29,33). The molecule has 2 aliphatic heterocycles. The Morgan fingerprint density at radius 3 is 2.64 bits per heavy atom. The minimum absolute atomic E-state index is 0.0701. The lowest BCUT2D eigenvalue weighted by Crippen LogP contribution is -2.48. The van der Waals surface area contributed by atoms with Crippen LogP contribution in [0.1, 0.15) is 35.8 Å². The van der Waals surface area contributed by atoms with Crippen molar-refractivity contribution < 1.29 is 9.53 Å². The number of thiocarbonyl (C=S) groups is 1. The summed E-state index contributed by atoms with van der Waals surface area (Å²) in [5, 5.41) is 2.55. The number of ether oxygens (including phenoxy) is 1. The van der Waals surface area contributed by atoms with Crippen LogP contribution in [0.25, 0.3) is 0 Å². The van der Waals surface area contributed by atoms with Crippen molar-refractivity contribution in [1.82, 2.24) is 9.47 Å². The Labute approximate surface area is 220 Å². The molecule has 1 saturated heterocycles. The van der Waals surface area contributed by atoms with Gasteiger partial charge in [0.25, 0.3) is 5.56 Å². The van der Waals surface area contributed by atoms with Crippen LogP contribution in [0.5, 0.6) is 5.75 Å². The lowest BCUT2D eigenvalue weighted by Gasteiger charge is -2.43. The lowest BCUT2D eigenvalue weighted by molar-refractivity contribution is -0.115. The van der Waals surface area contributed by atoms with Gasteiger partial charge in [-0.25, -0.2) is 0 Å². The average Bonchev–Trinajstić information content (AvgIpc) is 2.89. The Hall–Kier alpha value is -3.10. The highest BCUT2D eigenvalue weighted by Crippen LogP contribution is 2.39. The molecular weight excluding hydrogens is 490 g/mol. The van der Waals surface area contributed by atoms with Gasteiger partial charge >= 0.3 is 0 Å². The highest BCUT2D eigenvalue weighted by Gasteiger charge is 2.36. The number of nitrogens with one attached hydrogen (secondary N) is 1. The van der Waals surface area contributed by atoms with Crippen molar-refractivity contribution in [3.8, 4) is 5.75 Å². The second-order valence-corrected chi connectivity index (χ2v) is 10.9. The zero-order valence-electron chi connectivity index (χ0n) is 20.1. The van der Waals surface area contributed by atoms with E-state index in [-0.39, 0.29) is 17.4 Å². The molecule has 1 amide bonds. The zero-order valence-corrected chi connectivity index (χ0v) is 21.8. The summed E-state index contributed by atoms with van der Waals surface area (Å²) in [4.78, 5) is 28.2. The average molecular weight is 520 g/mol. The molecule has 1 fully saturated rings. The van der Waals surface area contributed by atoms with E-state index in [1.54, 1.807) is 6.07 Å². The minimum atomic E-state index is -0.509. The number of carbonyl (C=O) groups excluding carboxylic acids is 1. The molecule has 2 aromatic carbocycles. The van der Waals surface area contributed by atoms with Crippen LogP contribution in [0.3, 0.4) is 0 Å². The van der Waals surface area contributed by atoms with E-state index < -0.39 is 5.25 Å². The summed E-state index contributed by atoms with van der Waals surface area (Å²) in [6, 6.07) is 22.7. The number of hydrogen-bond donors (Lipinski definition) is 1. The van der Waals surface area contributed by atoms with Crippen molar-refractivity contribution in [2.45, 2.75) is 31.1 Å². The van der Waals surface area contributed by atoms with E-state index in [1.807, 2.05) is 72.2 Å². The number of nitrogens with zero attached hydrogens (tertiary/aromatic N) is 2. The van der Waals surface area contributed by atoms with Crippen molar-refractivity contribution in [3.05, 3.63) is 94.4 Å². The fourth-order valence-corrected chi connectivity index (χ4v) is 6.57. The summed E-state index contributed by atoms with van der Waals surface area (Å²) in [5.41, 5.74) is 2.69. The Bertz CT molecular complexity index is 1310. The molecule has 3 aromatic rings. The molecule has 3 heterocycles. The predicted molar refractivity (Wildman–Crippen MR) is 149 cm³/mol. The summed E-state index contributed by atoms with van der Waals surface area (Å²) < 4.78 is 8.33. The van der Waals surface area contributed by atoms with E-state index in [9.17, 15) is 9.59 Å². The maximum Gasteiger partial charge on any atom is 0.250 e. The predicted octanol–water partition coefficient (Wildman–Crippen LogP) is 5.06. The van der Waals surface area contributed by atoms with Crippen LogP contribution in [0.4, 0.5) is 5.69 Å². The van der Waals surface area contributed by atoms with Gasteiger partial charge in [0.1, 0.15) is 15.3 Å². The van der Waals surface area contributed by atoms with E-state index in [1.165, 1.54) is 11.8 Å². The Kier molecular flexibility index (Phi) is 7.43. The van der Waals surface area contributed by atoms with Gasteiger partial charge in [0.15, 0.2) is 0 Å². The van der Waals surface area contributed by atoms with Gasteiger partial charge in [0, 0.05) is 37.3 Å². The van der Waals surface area contributed by atoms with Crippen molar-refractivity contribution in [1.29, 1.82) is 0 Å². The number of amides is 1. The van der Waals surface area contributed by atoms with Gasteiger partial charge < -0.3 is 19.5 Å². The molecule has 186 valence electrons. The molecule has 3 unspecified atom stereocenters. The van der Waals surface area contributed by atoms with Crippen LogP contribution in [-0.4, -0.2) is 39.4 Å². The largest absolute Gasteiger partial charge is 0.492 e. The normalized spacial score (nSPS) is 19.2. The smallest absolute Gasteiger partial charge is 0.250 e. The van der Waals surface area contributed by atoms with Gasteiger partial charge in [0.05, 0.1) is 12.3 Å². The SMILES string of the molecule is CCOc1ccccc1NC(=O)C(SC(=S)N1CC2CC(C1)c1cccc(=O)n1C2)c1ccccc1. The minimum Gasteiger partial charge on any atom is -0.492 e. The summed E-state index contributed by atoms with van der Waals surface area (Å²) >= 11 is 7.33. The van der Waals surface area contributed by atoms with Crippen molar-refractivity contribution >= 4 is 39.9 Å². The molecule has 1 N–H and O–H groups in total. The fourth-order valence-electron chi connectivity index (χ4n) is 5.17. The van der Waals surface area contributed by atoms with Gasteiger partial charge in [-0.2, -0.15) is 0 Å². The van der Waals surface area contributed by atoms with Gasteiger partial charge in [-0.15, -0.1) is 0 Å². The number of fused-ring (bicyclic) bond motifs is 4. The highest BCUT2D eigenvalue weighted by atomic mass is 32.2. The number of thioether (sulfide) groups is 1. The van der Waals surface area contributed by atoms with Gasteiger partial charge in [-0.1, -0.05) is 72.5 Å². The third kappa shape index (κ3) is 5.20. The fraction of sp³-hybridized carbons (Fsp3) is 0.321. The van der Waals surface area contributed by atoms with Crippen molar-refractivity contribution in [2.24, 2.45) is 5.92 Å². The molecular formula is C28H29N3O3S2. The molecule has 5 rings (SSSR count). The van der Waals surface area contributed by atoms with E-state index in [0.717, 1.165) is 30.8 Å². The van der Waals surface area contributed by atoms with Crippen LogP contribution in [0, 0.1) is 5.92 Å². The number of pyridine rings is 1. The van der Waals surface area contributed by atoms with Crippen LogP contribution in [-0.2, 0) is 11.3 Å². The monoisotopic (exact) mass is 519 g/mol. The number of piperidine rings is 1. The number of anilines is 1. The third-order valence-electron chi connectivity index (χ3n) is 6.74. The number of aromatic nitrogens is 1. The van der Waals surface area contributed by atoms with Crippen LogP contribution in [0.15, 0.2) is 77.6 Å². The zero-order chi connectivity index (χ0) is 25.1. The number of likely N-dealkylation sites (tertiary alicyclic amines) is 1. The molecule has 0 spiro atoms. The molecule has 8 heteroatoms. The van der Waals surface area contributed by atoms with Crippen LogP contribution in [0.2, 0.25) is 0 Å². The van der Waals surface area contributed by atoms with E-state index in [4.69, 9.17) is 17.0 Å². The van der Waals surface area contributed by atoms with E-state index in [2.05, 4.69) is 16.3 Å². The quantitative estimate of drug-likeness (QED) is 0.459. The Morgan fingerprint density at radius 1 is 1.06 bits per heavy atom. The number of rotatable bonds is 6. The second kappa shape index (κ2) is 10.9. The summed E-state index contributed by atoms with van der Waals surface area (Å²) in [7, 11) is 0. The Morgan fingerprint density at radius 2 is 1.83 bits per heavy atom. The molecule has 6 nitrogen and oxygen atoms in total. The molecule has 2 aliphatic rings.